The number of allylic oxidation sites excluding steroid dienone is 1. The average Bonchev–Trinajstić information content (AvgIpc) is 2.88. The summed E-state index contributed by atoms with van der Waals surface area (Å²) in [5, 5.41) is 21.1. The second-order valence-electron chi connectivity index (χ2n) is 6.25. The number of amides is 1. The first-order chi connectivity index (χ1) is 12.9. The van der Waals surface area contributed by atoms with Crippen molar-refractivity contribution >= 4 is 35.1 Å². The quantitative estimate of drug-likeness (QED) is 0.769. The highest BCUT2D eigenvalue weighted by molar-refractivity contribution is 6.31. The van der Waals surface area contributed by atoms with Crippen LogP contribution < -0.4 is 5.32 Å². The number of halogens is 1. The number of benzene rings is 1. The van der Waals surface area contributed by atoms with Gasteiger partial charge < -0.3 is 14.8 Å². The Bertz CT molecular complexity index is 918. The van der Waals surface area contributed by atoms with Crippen molar-refractivity contribution in [3.8, 4) is 6.07 Å². The van der Waals surface area contributed by atoms with Gasteiger partial charge >= 0.3 is 5.97 Å². The SMILES string of the molecule is CCCC1=C(C(=O)OCC)C2(C(=O)Nc3ccc(Cl)cc32)C(C#N)C(=N)O1. The number of anilines is 1. The standard InChI is InChI=1S/C19H18ClN3O4/c1-3-5-14-15(17(24)26-4-2)19(12(9-21)16(22)27-14)11-8-10(20)6-7-13(11)23-18(19)25/h6-8,12,22H,3-5H2,1-2H3,(H,23,25). The smallest absolute Gasteiger partial charge is 0.338 e. The van der Waals surface area contributed by atoms with E-state index in [1.165, 1.54) is 0 Å². The second kappa shape index (κ2) is 7.05. The van der Waals surface area contributed by atoms with Crippen molar-refractivity contribution in [1.29, 1.82) is 10.7 Å². The largest absolute Gasteiger partial charge is 0.462 e. The third-order valence-electron chi connectivity index (χ3n) is 4.70. The predicted molar refractivity (Wildman–Crippen MR) is 98.2 cm³/mol. The monoisotopic (exact) mass is 387 g/mol. The Balaban J connectivity index is 2.41. The summed E-state index contributed by atoms with van der Waals surface area (Å²) in [5.74, 6) is -2.84. The molecule has 0 saturated heterocycles. The Morgan fingerprint density at radius 2 is 2.22 bits per heavy atom. The number of rotatable bonds is 4. The van der Waals surface area contributed by atoms with Gasteiger partial charge in [-0.25, -0.2) is 4.79 Å². The van der Waals surface area contributed by atoms with E-state index in [0.717, 1.165) is 0 Å². The number of carbonyl (C=O) groups excluding carboxylic acids is 2. The molecule has 140 valence electrons. The molecule has 0 aromatic heterocycles. The summed E-state index contributed by atoms with van der Waals surface area (Å²) >= 11 is 6.15. The van der Waals surface area contributed by atoms with Gasteiger partial charge in [0.1, 0.15) is 17.1 Å². The van der Waals surface area contributed by atoms with Crippen molar-refractivity contribution in [2.75, 3.05) is 11.9 Å². The highest BCUT2D eigenvalue weighted by Gasteiger charge is 2.63. The van der Waals surface area contributed by atoms with E-state index >= 15 is 0 Å². The maximum absolute atomic E-state index is 13.2. The maximum Gasteiger partial charge on any atom is 0.338 e. The van der Waals surface area contributed by atoms with Crippen LogP contribution in [0.15, 0.2) is 29.5 Å². The first-order valence-electron chi connectivity index (χ1n) is 8.59. The molecule has 7 nitrogen and oxygen atoms in total. The van der Waals surface area contributed by atoms with Gasteiger partial charge in [0.15, 0.2) is 0 Å². The number of hydrogen-bond donors (Lipinski definition) is 2. The zero-order valence-corrected chi connectivity index (χ0v) is 15.6. The third-order valence-corrected chi connectivity index (χ3v) is 4.94. The van der Waals surface area contributed by atoms with E-state index in [1.807, 2.05) is 13.0 Å². The zero-order chi connectivity index (χ0) is 19.8. The van der Waals surface area contributed by atoms with Gasteiger partial charge in [-0.3, -0.25) is 10.2 Å². The molecule has 1 aromatic rings. The van der Waals surface area contributed by atoms with Crippen LogP contribution in [-0.4, -0.2) is 24.4 Å². The first kappa shape index (κ1) is 18.9. The Hall–Kier alpha value is -2.85. The van der Waals surface area contributed by atoms with Crippen LogP contribution in [0.3, 0.4) is 0 Å². The van der Waals surface area contributed by atoms with Crippen LogP contribution in [0, 0.1) is 22.7 Å². The molecule has 2 unspecified atom stereocenters. The summed E-state index contributed by atoms with van der Waals surface area (Å²) in [4.78, 5) is 26.1. The van der Waals surface area contributed by atoms with Crippen LogP contribution in [0.1, 0.15) is 32.3 Å². The lowest BCUT2D eigenvalue weighted by atomic mass is 9.64. The average molecular weight is 388 g/mol. The van der Waals surface area contributed by atoms with Gasteiger partial charge in [0.05, 0.1) is 18.2 Å². The van der Waals surface area contributed by atoms with E-state index < -0.39 is 23.2 Å². The molecule has 2 heterocycles. The van der Waals surface area contributed by atoms with Crippen molar-refractivity contribution in [3.63, 3.8) is 0 Å². The number of nitrogens with one attached hydrogen (secondary N) is 2. The van der Waals surface area contributed by atoms with E-state index in [9.17, 15) is 14.9 Å². The molecular weight excluding hydrogens is 370 g/mol. The fourth-order valence-electron chi connectivity index (χ4n) is 3.67. The molecule has 1 aromatic carbocycles. The summed E-state index contributed by atoms with van der Waals surface area (Å²) < 4.78 is 10.7. The molecule has 8 heteroatoms. The first-order valence-corrected chi connectivity index (χ1v) is 8.97. The van der Waals surface area contributed by atoms with Crippen LogP contribution in [-0.2, 0) is 24.5 Å². The molecule has 0 bridgehead atoms. The Morgan fingerprint density at radius 1 is 1.48 bits per heavy atom. The number of fused-ring (bicyclic) bond motifs is 2. The lowest BCUT2D eigenvalue weighted by Crippen LogP contribution is -2.52. The number of ether oxygens (including phenoxy) is 2. The lowest BCUT2D eigenvalue weighted by Gasteiger charge is -2.38. The molecule has 2 aliphatic rings. The summed E-state index contributed by atoms with van der Waals surface area (Å²) in [5.41, 5.74) is -0.957. The van der Waals surface area contributed by atoms with Crippen LogP contribution in [0.25, 0.3) is 0 Å². The molecule has 0 fully saturated rings. The van der Waals surface area contributed by atoms with Gasteiger partial charge in [-0.2, -0.15) is 5.26 Å². The van der Waals surface area contributed by atoms with Crippen molar-refractivity contribution in [3.05, 3.63) is 40.1 Å². The number of esters is 1. The molecule has 1 amide bonds. The number of carbonyl (C=O) groups is 2. The van der Waals surface area contributed by atoms with Crippen molar-refractivity contribution in [2.24, 2.45) is 5.92 Å². The summed E-state index contributed by atoms with van der Waals surface area (Å²) in [6, 6.07) is 6.73. The molecule has 27 heavy (non-hydrogen) atoms. The van der Waals surface area contributed by atoms with Crippen LogP contribution in [0.5, 0.6) is 0 Å². The summed E-state index contributed by atoms with van der Waals surface area (Å²) in [6.45, 7) is 3.62. The van der Waals surface area contributed by atoms with E-state index in [-0.39, 0.29) is 23.8 Å². The number of hydrogen-bond acceptors (Lipinski definition) is 6. The Labute approximate surface area is 161 Å². The van der Waals surface area contributed by atoms with Crippen LogP contribution in [0.4, 0.5) is 5.69 Å². The van der Waals surface area contributed by atoms with Crippen molar-refractivity contribution in [1.82, 2.24) is 0 Å². The molecule has 1 spiro atoms. The fraction of sp³-hybridized carbons (Fsp3) is 0.368. The summed E-state index contributed by atoms with van der Waals surface area (Å²) in [6.07, 6.45) is 0.933. The minimum atomic E-state index is -1.74. The zero-order valence-electron chi connectivity index (χ0n) is 14.9. The van der Waals surface area contributed by atoms with Gasteiger partial charge in [-0.05, 0) is 37.1 Å². The molecule has 0 saturated carbocycles. The Kier molecular flexibility index (Phi) is 4.94. The Morgan fingerprint density at radius 3 is 2.85 bits per heavy atom. The van der Waals surface area contributed by atoms with Gasteiger partial charge in [0.2, 0.25) is 11.8 Å². The summed E-state index contributed by atoms with van der Waals surface area (Å²) in [7, 11) is 0. The molecule has 2 atom stereocenters. The minimum Gasteiger partial charge on any atom is -0.462 e. The topological polar surface area (TPSA) is 112 Å². The second-order valence-corrected chi connectivity index (χ2v) is 6.69. The van der Waals surface area contributed by atoms with E-state index in [4.69, 9.17) is 26.5 Å². The highest BCUT2D eigenvalue weighted by Crippen LogP contribution is 2.53. The van der Waals surface area contributed by atoms with Gasteiger partial charge in [-0.15, -0.1) is 0 Å². The normalized spacial score (nSPS) is 23.6. The molecular formula is C19H18ClN3O4. The van der Waals surface area contributed by atoms with Crippen LogP contribution in [0.2, 0.25) is 5.02 Å². The van der Waals surface area contributed by atoms with Crippen LogP contribution >= 0.6 is 11.6 Å². The van der Waals surface area contributed by atoms with Gasteiger partial charge in [0.25, 0.3) is 0 Å². The lowest BCUT2D eigenvalue weighted by molar-refractivity contribution is -0.141. The molecule has 2 aliphatic heterocycles. The van der Waals surface area contributed by atoms with E-state index in [2.05, 4.69) is 5.32 Å². The van der Waals surface area contributed by atoms with Crippen molar-refractivity contribution in [2.45, 2.75) is 32.1 Å². The predicted octanol–water partition coefficient (Wildman–Crippen LogP) is 3.29. The number of nitrogens with zero attached hydrogens (tertiary/aromatic N) is 1. The minimum absolute atomic E-state index is 0.0349. The molecule has 0 aliphatic carbocycles. The van der Waals surface area contributed by atoms with E-state index in [0.29, 0.717) is 29.1 Å². The molecule has 3 rings (SSSR count). The third kappa shape index (κ3) is 2.68. The fourth-order valence-corrected chi connectivity index (χ4v) is 3.84. The maximum atomic E-state index is 13.2. The molecule has 2 N–H and O–H groups in total. The van der Waals surface area contributed by atoms with Crippen molar-refractivity contribution < 1.29 is 19.1 Å². The van der Waals surface area contributed by atoms with Gasteiger partial charge in [-0.1, -0.05) is 18.5 Å². The molecule has 0 radical (unpaired) electrons. The number of nitriles is 1. The van der Waals surface area contributed by atoms with E-state index in [1.54, 1.807) is 25.1 Å². The van der Waals surface area contributed by atoms with Gasteiger partial charge in [0, 0.05) is 17.1 Å². The highest BCUT2D eigenvalue weighted by atomic mass is 35.5.